The van der Waals surface area contributed by atoms with Crippen molar-refractivity contribution in [2.45, 2.75) is 3.96 Å². The Hall–Kier alpha value is 0.652. The molecule has 0 atom stereocenters. The minimum absolute atomic E-state index is 1.28. The quantitative estimate of drug-likeness (QED) is 0.643. The van der Waals surface area contributed by atoms with Crippen molar-refractivity contribution in [3.8, 4) is 0 Å². The van der Waals surface area contributed by atoms with Gasteiger partial charge < -0.3 is 0 Å². The summed E-state index contributed by atoms with van der Waals surface area (Å²) in [4.78, 5) is 0. The summed E-state index contributed by atoms with van der Waals surface area (Å²) in [5.41, 5.74) is 0. The fourth-order valence-electron chi connectivity index (χ4n) is 0. The summed E-state index contributed by atoms with van der Waals surface area (Å²) in [6.45, 7) is 0. The van der Waals surface area contributed by atoms with Gasteiger partial charge in [0.15, 0.2) is 0 Å². The summed E-state index contributed by atoms with van der Waals surface area (Å²) in [5, 5.41) is 0. The van der Waals surface area contributed by atoms with Gasteiger partial charge in [0, 0.05) is 0 Å². The van der Waals surface area contributed by atoms with E-state index in [1.807, 2.05) is 0 Å². The van der Waals surface area contributed by atoms with Gasteiger partial charge in [0.1, 0.15) is 0 Å². The molecule has 0 spiro atoms. The number of rotatable bonds is 0. The van der Waals surface area contributed by atoms with Crippen molar-refractivity contribution in [3.05, 3.63) is 0 Å². The molecule has 0 aliphatic rings. The number of hydrogen-bond donors (Lipinski definition) is 0. The Balaban J connectivity index is 3.51. The molecule has 0 N–H and O–H groups in total. The van der Waals surface area contributed by atoms with Gasteiger partial charge in [0.05, 0.1) is 0 Å². The van der Waals surface area contributed by atoms with Gasteiger partial charge in [-0.05, 0) is 0 Å². The van der Waals surface area contributed by atoms with Gasteiger partial charge in [0.2, 0.25) is 0 Å². The van der Waals surface area contributed by atoms with Crippen LogP contribution in [0.25, 0.3) is 0 Å². The first kappa shape index (κ1) is 4.65. The molecule has 0 radical (unpaired) electrons. The molecule has 0 aliphatic heterocycles. The Bertz CT molecular complexity index is 54.4. The van der Waals surface area contributed by atoms with E-state index in [1.165, 1.54) is 3.96 Å². The van der Waals surface area contributed by atoms with Crippen LogP contribution in [-0.4, -0.2) is 0 Å². The number of hydrogen-bond acceptors (Lipinski definition) is 2. The molecular formula is CH3O2U. The third kappa shape index (κ3) is 17.0. The molecule has 0 bridgehead atoms. The molecule has 0 saturated carbocycles. The summed E-state index contributed by atoms with van der Waals surface area (Å²) in [6, 6.07) is 0. The van der Waals surface area contributed by atoms with Crippen molar-refractivity contribution in [2.75, 3.05) is 0 Å². The van der Waals surface area contributed by atoms with Gasteiger partial charge in [-0.15, -0.1) is 0 Å². The molecule has 0 unspecified atom stereocenters. The molecular weight excluding hydrogens is 282 g/mol. The molecule has 0 aromatic rings. The van der Waals surface area contributed by atoms with Crippen molar-refractivity contribution >= 4 is 0 Å². The van der Waals surface area contributed by atoms with E-state index in [4.69, 9.17) is 0 Å². The van der Waals surface area contributed by atoms with E-state index < -0.39 is 26.1 Å². The molecule has 2 nitrogen and oxygen atoms in total. The molecule has 23 valence electrons. The first-order valence-corrected chi connectivity index (χ1v) is 8.47. The van der Waals surface area contributed by atoms with E-state index in [9.17, 15) is 4.47 Å². The molecule has 0 rings (SSSR count). The first-order chi connectivity index (χ1) is 1.73. The summed E-state index contributed by atoms with van der Waals surface area (Å²) in [6.07, 6.45) is 0. The van der Waals surface area contributed by atoms with Gasteiger partial charge in [-0.25, -0.2) is 0 Å². The normalized spacial score (nSPS) is 6.25. The maximum atomic E-state index is 9.20. The second kappa shape index (κ2) is 1.93. The molecule has 4 heavy (non-hydrogen) atoms. The van der Waals surface area contributed by atoms with Crippen molar-refractivity contribution in [2.24, 2.45) is 0 Å². The van der Waals surface area contributed by atoms with Gasteiger partial charge in [0.25, 0.3) is 0 Å². The van der Waals surface area contributed by atoms with E-state index in [0.717, 1.165) is 0 Å². The van der Waals surface area contributed by atoms with E-state index in [-0.39, 0.29) is 0 Å². The van der Waals surface area contributed by atoms with E-state index in [2.05, 4.69) is 0 Å². The SMILES string of the molecule is [CH3][U](=[O])=[O]. The molecule has 0 aliphatic carbocycles. The summed E-state index contributed by atoms with van der Waals surface area (Å²) in [5.74, 6) is 0. The zero-order valence-electron chi connectivity index (χ0n) is 2.32. The standard InChI is InChI=1S/CH3.2O.U/h1H3;;;. The van der Waals surface area contributed by atoms with Crippen molar-refractivity contribution < 1.29 is 30.6 Å². The van der Waals surface area contributed by atoms with Crippen molar-refractivity contribution in [1.29, 1.82) is 0 Å². The van der Waals surface area contributed by atoms with Crippen LogP contribution in [0.15, 0.2) is 0 Å². The molecule has 0 saturated heterocycles. The summed E-state index contributed by atoms with van der Waals surface area (Å²) in [7, 11) is 0. The van der Waals surface area contributed by atoms with Crippen LogP contribution in [0.2, 0.25) is 3.96 Å². The fraction of sp³-hybridized carbons (Fsp3) is 1.00. The molecule has 0 aromatic carbocycles. The average molecular weight is 285 g/mol. The third-order valence-corrected chi connectivity index (χ3v) is 0. The van der Waals surface area contributed by atoms with Crippen molar-refractivity contribution in [1.82, 2.24) is 0 Å². The molecule has 0 amide bonds. The van der Waals surface area contributed by atoms with Gasteiger partial charge in [-0.2, -0.15) is 0 Å². The van der Waals surface area contributed by atoms with Crippen LogP contribution in [0.5, 0.6) is 0 Å². The molecule has 0 aromatic heterocycles. The van der Waals surface area contributed by atoms with Crippen LogP contribution in [-0.2, 0) is 4.47 Å². The van der Waals surface area contributed by atoms with Gasteiger partial charge in [-0.3, -0.25) is 0 Å². The average Bonchev–Trinajstić information content (AvgIpc) is 0.811. The summed E-state index contributed by atoms with van der Waals surface area (Å²) < 4.78 is 19.7. The van der Waals surface area contributed by atoms with Crippen LogP contribution in [0.4, 0.5) is 0 Å². The first-order valence-electron chi connectivity index (χ1n) is 0.908. The summed E-state index contributed by atoms with van der Waals surface area (Å²) >= 11 is -3.23. The predicted octanol–water partition coefficient (Wildman–Crippen LogP) is 0.346. The van der Waals surface area contributed by atoms with Gasteiger partial charge >= 0.3 is 34.6 Å². The Labute approximate surface area is 34.6 Å². The second-order valence-corrected chi connectivity index (χ2v) is 4.59. The Morgan fingerprint density at radius 3 is 1.50 bits per heavy atom. The Morgan fingerprint density at radius 2 is 1.50 bits per heavy atom. The third-order valence-electron chi connectivity index (χ3n) is 0. The fourth-order valence-corrected chi connectivity index (χ4v) is 0. The molecule has 3 heteroatoms. The maximum absolute atomic E-state index is 9.20. The van der Waals surface area contributed by atoms with Gasteiger partial charge in [-0.1, -0.05) is 0 Å². The predicted molar refractivity (Wildman–Crippen MR) is 7.24 cm³/mol. The molecule has 0 heterocycles. The van der Waals surface area contributed by atoms with E-state index in [0.29, 0.717) is 0 Å². The molecule has 0 fully saturated rings. The monoisotopic (exact) mass is 285 g/mol. The minimum atomic E-state index is -3.23. The topological polar surface area (TPSA) is 34.1 Å². The Kier molecular flexibility index (Phi) is 2.24. The van der Waals surface area contributed by atoms with Crippen LogP contribution in [0, 0.1) is 26.1 Å². The van der Waals surface area contributed by atoms with E-state index in [1.54, 1.807) is 0 Å². The second-order valence-electron chi connectivity index (χ2n) is 0.492. The van der Waals surface area contributed by atoms with Crippen LogP contribution >= 0.6 is 0 Å². The zero-order chi connectivity index (χ0) is 3.58. The zero-order valence-corrected chi connectivity index (χ0v) is 6.48. The van der Waals surface area contributed by atoms with E-state index >= 15 is 0 Å². The Morgan fingerprint density at radius 1 is 1.50 bits per heavy atom. The van der Waals surface area contributed by atoms with Crippen LogP contribution in [0.3, 0.4) is 0 Å². The van der Waals surface area contributed by atoms with Crippen LogP contribution in [0.1, 0.15) is 0 Å². The van der Waals surface area contributed by atoms with Crippen LogP contribution < -0.4 is 0 Å². The van der Waals surface area contributed by atoms with Crippen molar-refractivity contribution in [3.63, 3.8) is 0 Å².